The molecule has 0 atom stereocenters. The number of nitrogens with zero attached hydrogens (tertiary/aromatic N) is 2. The smallest absolute Gasteiger partial charge is 0.243 e. The molecular formula is C22H28ClN3O4S. The van der Waals surface area contributed by atoms with Gasteiger partial charge in [-0.3, -0.25) is 9.69 Å². The van der Waals surface area contributed by atoms with Gasteiger partial charge in [0.15, 0.2) is 0 Å². The van der Waals surface area contributed by atoms with Crippen LogP contribution in [-0.2, 0) is 26.1 Å². The van der Waals surface area contributed by atoms with Crippen LogP contribution in [0.3, 0.4) is 0 Å². The molecule has 1 N–H and O–H groups in total. The third-order valence-electron chi connectivity index (χ3n) is 5.08. The number of amides is 1. The van der Waals surface area contributed by atoms with Crippen molar-refractivity contribution in [3.05, 3.63) is 64.7 Å². The van der Waals surface area contributed by atoms with Crippen molar-refractivity contribution in [2.75, 3.05) is 45.9 Å². The molecule has 9 heteroatoms. The first-order valence-electron chi connectivity index (χ1n) is 10.2. The Balaban J connectivity index is 1.70. The molecule has 0 spiro atoms. The lowest BCUT2D eigenvalue weighted by Gasteiger charge is -2.27. The molecule has 0 aromatic heterocycles. The van der Waals surface area contributed by atoms with Crippen LogP contribution in [-0.4, -0.2) is 69.5 Å². The molecule has 1 aliphatic heterocycles. The molecule has 3 rings (SSSR count). The Bertz CT molecular complexity index is 977. The van der Waals surface area contributed by atoms with Crippen LogP contribution in [0.5, 0.6) is 0 Å². The van der Waals surface area contributed by atoms with Gasteiger partial charge in [-0.05, 0) is 36.8 Å². The van der Waals surface area contributed by atoms with Crippen molar-refractivity contribution in [3.8, 4) is 0 Å². The van der Waals surface area contributed by atoms with Crippen LogP contribution in [0.15, 0.2) is 53.4 Å². The van der Waals surface area contributed by atoms with Crippen molar-refractivity contribution in [1.82, 2.24) is 14.5 Å². The van der Waals surface area contributed by atoms with Gasteiger partial charge in [0, 0.05) is 37.7 Å². The third kappa shape index (κ3) is 7.02. The van der Waals surface area contributed by atoms with Crippen LogP contribution in [0.1, 0.15) is 11.1 Å². The van der Waals surface area contributed by atoms with Gasteiger partial charge in [0.25, 0.3) is 0 Å². The Morgan fingerprint density at radius 1 is 1.16 bits per heavy atom. The van der Waals surface area contributed by atoms with E-state index in [-0.39, 0.29) is 23.9 Å². The van der Waals surface area contributed by atoms with E-state index in [4.69, 9.17) is 16.3 Å². The van der Waals surface area contributed by atoms with E-state index in [0.29, 0.717) is 36.9 Å². The minimum atomic E-state index is -3.87. The van der Waals surface area contributed by atoms with Gasteiger partial charge in [0.1, 0.15) is 0 Å². The molecule has 1 heterocycles. The normalized spacial score (nSPS) is 15.2. The van der Waals surface area contributed by atoms with Crippen molar-refractivity contribution in [2.45, 2.75) is 18.4 Å². The molecule has 1 saturated heterocycles. The summed E-state index contributed by atoms with van der Waals surface area (Å²) in [7, 11) is -3.87. The molecule has 0 unspecified atom stereocenters. The van der Waals surface area contributed by atoms with Crippen molar-refractivity contribution < 1.29 is 17.9 Å². The Labute approximate surface area is 189 Å². The van der Waals surface area contributed by atoms with Crippen molar-refractivity contribution in [2.24, 2.45) is 0 Å². The number of benzene rings is 2. The Kier molecular flexibility index (Phi) is 8.45. The van der Waals surface area contributed by atoms with Crippen LogP contribution in [0.25, 0.3) is 0 Å². The summed E-state index contributed by atoms with van der Waals surface area (Å²) in [6.45, 7) is 5.87. The number of sulfonamides is 1. The number of ether oxygens (including phenoxy) is 1. The minimum absolute atomic E-state index is 0.0493. The van der Waals surface area contributed by atoms with E-state index in [1.807, 2.05) is 6.92 Å². The molecular weight excluding hydrogens is 438 g/mol. The van der Waals surface area contributed by atoms with E-state index < -0.39 is 10.0 Å². The fourth-order valence-corrected chi connectivity index (χ4v) is 4.92. The first-order valence-corrected chi connectivity index (χ1v) is 12.0. The number of morpholine rings is 1. The predicted octanol–water partition coefficient (Wildman–Crippen LogP) is 2.29. The summed E-state index contributed by atoms with van der Waals surface area (Å²) in [5.41, 5.74) is 1.67. The summed E-state index contributed by atoms with van der Waals surface area (Å²) in [5, 5.41) is 3.35. The zero-order chi connectivity index (χ0) is 22.3. The van der Waals surface area contributed by atoms with E-state index in [0.717, 1.165) is 18.7 Å². The molecule has 7 nitrogen and oxygen atoms in total. The Morgan fingerprint density at radius 3 is 2.55 bits per heavy atom. The zero-order valence-corrected chi connectivity index (χ0v) is 19.2. The molecule has 1 amide bonds. The molecule has 0 radical (unpaired) electrons. The van der Waals surface area contributed by atoms with Crippen LogP contribution in [0.4, 0.5) is 0 Å². The maximum atomic E-state index is 13.3. The standard InChI is InChI=1S/C22H28ClN3O4S/c1-18-5-7-21(8-6-18)31(28,29)26(16-19-3-2-4-20(23)15-19)17-22(27)24-9-10-25-11-13-30-14-12-25/h2-8,15H,9-14,16-17H2,1H3,(H,24,27). The lowest BCUT2D eigenvalue weighted by molar-refractivity contribution is -0.121. The lowest BCUT2D eigenvalue weighted by Crippen LogP contribution is -2.44. The van der Waals surface area contributed by atoms with Crippen molar-refractivity contribution in [1.29, 1.82) is 0 Å². The van der Waals surface area contributed by atoms with Crippen LogP contribution < -0.4 is 5.32 Å². The molecule has 0 aliphatic carbocycles. The molecule has 31 heavy (non-hydrogen) atoms. The first-order chi connectivity index (χ1) is 14.8. The van der Waals surface area contributed by atoms with E-state index in [9.17, 15) is 13.2 Å². The second kappa shape index (κ2) is 11.1. The van der Waals surface area contributed by atoms with E-state index >= 15 is 0 Å². The van der Waals surface area contributed by atoms with Gasteiger partial charge in [-0.15, -0.1) is 0 Å². The average molecular weight is 466 g/mol. The topological polar surface area (TPSA) is 79.0 Å². The molecule has 168 valence electrons. The summed E-state index contributed by atoms with van der Waals surface area (Å²) in [6, 6.07) is 13.6. The van der Waals surface area contributed by atoms with E-state index in [2.05, 4.69) is 10.2 Å². The van der Waals surface area contributed by atoms with Gasteiger partial charge in [-0.1, -0.05) is 41.4 Å². The number of nitrogens with one attached hydrogen (secondary N) is 1. The van der Waals surface area contributed by atoms with Crippen molar-refractivity contribution >= 4 is 27.5 Å². The molecule has 2 aromatic carbocycles. The maximum absolute atomic E-state index is 13.3. The average Bonchev–Trinajstić information content (AvgIpc) is 2.74. The van der Waals surface area contributed by atoms with Crippen LogP contribution in [0, 0.1) is 6.92 Å². The number of carbonyl (C=O) groups is 1. The highest BCUT2D eigenvalue weighted by atomic mass is 35.5. The predicted molar refractivity (Wildman–Crippen MR) is 120 cm³/mol. The fourth-order valence-electron chi connectivity index (χ4n) is 3.32. The van der Waals surface area contributed by atoms with Gasteiger partial charge < -0.3 is 10.1 Å². The summed E-state index contributed by atoms with van der Waals surface area (Å²) in [5.74, 6) is -0.342. The van der Waals surface area contributed by atoms with E-state index in [1.165, 1.54) is 4.31 Å². The summed E-state index contributed by atoms with van der Waals surface area (Å²) < 4.78 is 33.1. The van der Waals surface area contributed by atoms with Gasteiger partial charge in [-0.2, -0.15) is 4.31 Å². The second-order valence-corrected chi connectivity index (χ2v) is 9.89. The zero-order valence-electron chi connectivity index (χ0n) is 17.6. The largest absolute Gasteiger partial charge is 0.379 e. The van der Waals surface area contributed by atoms with Crippen LogP contribution in [0.2, 0.25) is 5.02 Å². The molecule has 0 bridgehead atoms. The van der Waals surface area contributed by atoms with Gasteiger partial charge in [0.2, 0.25) is 15.9 Å². The number of halogens is 1. The number of aryl methyl sites for hydroxylation is 1. The quantitative estimate of drug-likeness (QED) is 0.614. The highest BCUT2D eigenvalue weighted by molar-refractivity contribution is 7.89. The van der Waals surface area contributed by atoms with Crippen molar-refractivity contribution in [3.63, 3.8) is 0 Å². The van der Waals surface area contributed by atoms with Gasteiger partial charge >= 0.3 is 0 Å². The van der Waals surface area contributed by atoms with Crippen LogP contribution >= 0.6 is 11.6 Å². The summed E-state index contributed by atoms with van der Waals surface area (Å²) in [4.78, 5) is 15.0. The SMILES string of the molecule is Cc1ccc(S(=O)(=O)N(CC(=O)NCCN2CCOCC2)Cc2cccc(Cl)c2)cc1. The first kappa shape index (κ1) is 23.7. The minimum Gasteiger partial charge on any atom is -0.379 e. The number of hydrogen-bond donors (Lipinski definition) is 1. The monoisotopic (exact) mass is 465 g/mol. The molecule has 1 aliphatic rings. The number of carbonyl (C=O) groups excluding carboxylic acids is 1. The lowest BCUT2D eigenvalue weighted by atomic mass is 10.2. The number of rotatable bonds is 9. The van der Waals surface area contributed by atoms with Gasteiger partial charge in [0.05, 0.1) is 24.7 Å². The highest BCUT2D eigenvalue weighted by Gasteiger charge is 2.27. The maximum Gasteiger partial charge on any atom is 0.243 e. The Morgan fingerprint density at radius 2 is 1.87 bits per heavy atom. The summed E-state index contributed by atoms with van der Waals surface area (Å²) in [6.07, 6.45) is 0. The molecule has 1 fully saturated rings. The fraction of sp³-hybridized carbons (Fsp3) is 0.409. The molecule has 2 aromatic rings. The molecule has 0 saturated carbocycles. The summed E-state index contributed by atoms with van der Waals surface area (Å²) >= 11 is 6.06. The third-order valence-corrected chi connectivity index (χ3v) is 7.12. The second-order valence-electron chi connectivity index (χ2n) is 7.52. The van der Waals surface area contributed by atoms with Gasteiger partial charge in [-0.25, -0.2) is 8.42 Å². The van der Waals surface area contributed by atoms with E-state index in [1.54, 1.807) is 48.5 Å². The Hall–Kier alpha value is -1.97. The highest BCUT2D eigenvalue weighted by Crippen LogP contribution is 2.20. The number of hydrogen-bond acceptors (Lipinski definition) is 5.